The Morgan fingerprint density at radius 3 is 2.79 bits per heavy atom. The Bertz CT molecular complexity index is 650. The highest BCUT2D eigenvalue weighted by molar-refractivity contribution is 6.29. The van der Waals surface area contributed by atoms with E-state index in [1.807, 2.05) is 6.92 Å². The van der Waals surface area contributed by atoms with Gasteiger partial charge in [0.15, 0.2) is 0 Å². The van der Waals surface area contributed by atoms with Crippen LogP contribution in [0.1, 0.15) is 17.3 Å². The lowest BCUT2D eigenvalue weighted by atomic mass is 10.2. The van der Waals surface area contributed by atoms with Gasteiger partial charge >= 0.3 is 0 Å². The number of nitrogens with one attached hydrogen (secondary N) is 1. The van der Waals surface area contributed by atoms with Gasteiger partial charge in [0, 0.05) is 25.0 Å². The highest BCUT2D eigenvalue weighted by Crippen LogP contribution is 2.09. The largest absolute Gasteiger partial charge is 0.321 e. The third-order valence-electron chi connectivity index (χ3n) is 2.57. The molecule has 2 rings (SSSR count). The Hall–Kier alpha value is -2.14. The first kappa shape index (κ1) is 13.3. The van der Waals surface area contributed by atoms with Crippen LogP contribution in [0.15, 0.2) is 41.5 Å². The van der Waals surface area contributed by atoms with Crippen molar-refractivity contribution in [2.24, 2.45) is 0 Å². The molecule has 0 bridgehead atoms. The second-order valence-corrected chi connectivity index (χ2v) is 4.25. The third kappa shape index (κ3) is 3.20. The van der Waals surface area contributed by atoms with Crippen LogP contribution in [-0.2, 0) is 6.54 Å². The van der Waals surface area contributed by atoms with Gasteiger partial charge in [-0.2, -0.15) is 0 Å². The molecular formula is C13H12ClN3O2. The zero-order chi connectivity index (χ0) is 13.8. The number of aromatic nitrogens is 2. The van der Waals surface area contributed by atoms with Crippen molar-refractivity contribution in [2.75, 3.05) is 5.32 Å². The number of nitrogens with zero attached hydrogens (tertiary/aromatic N) is 2. The van der Waals surface area contributed by atoms with Gasteiger partial charge in [0.25, 0.3) is 11.5 Å². The fraction of sp³-hybridized carbons (Fsp3) is 0.154. The van der Waals surface area contributed by atoms with Crippen molar-refractivity contribution in [2.45, 2.75) is 13.5 Å². The average molecular weight is 278 g/mol. The number of hydrogen-bond donors (Lipinski definition) is 1. The van der Waals surface area contributed by atoms with Crippen LogP contribution in [0.3, 0.4) is 0 Å². The maximum atomic E-state index is 11.9. The van der Waals surface area contributed by atoms with E-state index in [0.29, 0.717) is 22.9 Å². The molecule has 0 fully saturated rings. The molecule has 0 aliphatic rings. The standard InChI is InChI=1S/C13H12ClN3O2/c1-2-17-8-10(4-6-12(17)18)16-13(19)9-3-5-11(14)15-7-9/h3-8H,2H2,1H3,(H,16,19). The summed E-state index contributed by atoms with van der Waals surface area (Å²) in [5.74, 6) is -0.300. The van der Waals surface area contributed by atoms with Crippen LogP contribution >= 0.6 is 11.6 Å². The molecule has 5 nitrogen and oxygen atoms in total. The number of rotatable bonds is 3. The van der Waals surface area contributed by atoms with Gasteiger partial charge in [-0.15, -0.1) is 0 Å². The van der Waals surface area contributed by atoms with E-state index in [1.54, 1.807) is 24.4 Å². The molecule has 0 atom stereocenters. The van der Waals surface area contributed by atoms with Crippen LogP contribution in [0, 0.1) is 0 Å². The fourth-order valence-corrected chi connectivity index (χ4v) is 1.68. The molecule has 2 aromatic heterocycles. The molecule has 6 heteroatoms. The molecular weight excluding hydrogens is 266 g/mol. The number of carbonyl (C=O) groups excluding carboxylic acids is 1. The predicted octanol–water partition coefficient (Wildman–Crippen LogP) is 2.17. The molecule has 0 unspecified atom stereocenters. The maximum absolute atomic E-state index is 11.9. The second kappa shape index (κ2) is 5.67. The summed E-state index contributed by atoms with van der Waals surface area (Å²) in [7, 11) is 0. The number of anilines is 1. The topological polar surface area (TPSA) is 64.0 Å². The quantitative estimate of drug-likeness (QED) is 0.875. The van der Waals surface area contributed by atoms with E-state index >= 15 is 0 Å². The smallest absolute Gasteiger partial charge is 0.257 e. The molecule has 19 heavy (non-hydrogen) atoms. The van der Waals surface area contributed by atoms with E-state index < -0.39 is 0 Å². The Balaban J connectivity index is 2.19. The predicted molar refractivity (Wildman–Crippen MR) is 73.6 cm³/mol. The summed E-state index contributed by atoms with van der Waals surface area (Å²) < 4.78 is 1.51. The zero-order valence-electron chi connectivity index (χ0n) is 10.3. The third-order valence-corrected chi connectivity index (χ3v) is 2.80. The molecule has 1 amide bonds. The molecule has 0 saturated heterocycles. The minimum Gasteiger partial charge on any atom is -0.321 e. The van der Waals surface area contributed by atoms with Crippen molar-refractivity contribution in [1.82, 2.24) is 9.55 Å². The number of aryl methyl sites for hydroxylation is 1. The van der Waals surface area contributed by atoms with Crippen molar-refractivity contribution < 1.29 is 4.79 Å². The van der Waals surface area contributed by atoms with Gasteiger partial charge in [0.1, 0.15) is 5.15 Å². The lowest BCUT2D eigenvalue weighted by Gasteiger charge is -2.07. The first-order valence-electron chi connectivity index (χ1n) is 5.73. The van der Waals surface area contributed by atoms with Gasteiger partial charge in [0.05, 0.1) is 11.3 Å². The molecule has 98 valence electrons. The van der Waals surface area contributed by atoms with Gasteiger partial charge in [-0.05, 0) is 25.1 Å². The lowest BCUT2D eigenvalue weighted by Crippen LogP contribution is -2.19. The van der Waals surface area contributed by atoms with Gasteiger partial charge in [-0.25, -0.2) is 4.98 Å². The summed E-state index contributed by atoms with van der Waals surface area (Å²) in [4.78, 5) is 27.2. The van der Waals surface area contributed by atoms with E-state index in [-0.39, 0.29) is 11.5 Å². The summed E-state index contributed by atoms with van der Waals surface area (Å²) in [6.45, 7) is 2.40. The lowest BCUT2D eigenvalue weighted by molar-refractivity contribution is 0.102. The monoisotopic (exact) mass is 277 g/mol. The normalized spacial score (nSPS) is 10.2. The van der Waals surface area contributed by atoms with E-state index in [2.05, 4.69) is 10.3 Å². The van der Waals surface area contributed by atoms with Crippen LogP contribution in [0.25, 0.3) is 0 Å². The van der Waals surface area contributed by atoms with Gasteiger partial charge < -0.3 is 9.88 Å². The molecule has 0 spiro atoms. The van der Waals surface area contributed by atoms with Gasteiger partial charge in [0.2, 0.25) is 0 Å². The number of carbonyl (C=O) groups is 1. The molecule has 0 saturated carbocycles. The molecule has 0 aromatic carbocycles. The number of pyridine rings is 2. The average Bonchev–Trinajstić information content (AvgIpc) is 2.41. The highest BCUT2D eigenvalue weighted by atomic mass is 35.5. The van der Waals surface area contributed by atoms with E-state index in [0.717, 1.165) is 0 Å². The first-order chi connectivity index (χ1) is 9.10. The van der Waals surface area contributed by atoms with Crippen LogP contribution in [0.2, 0.25) is 5.15 Å². The van der Waals surface area contributed by atoms with Crippen LogP contribution in [0.5, 0.6) is 0 Å². The SMILES string of the molecule is CCn1cc(NC(=O)c2ccc(Cl)nc2)ccc1=O. The van der Waals surface area contributed by atoms with E-state index in [9.17, 15) is 9.59 Å². The molecule has 0 aliphatic heterocycles. The van der Waals surface area contributed by atoms with Gasteiger partial charge in [-0.1, -0.05) is 11.6 Å². The minimum absolute atomic E-state index is 0.103. The Kier molecular flexibility index (Phi) is 3.97. The van der Waals surface area contributed by atoms with E-state index in [1.165, 1.54) is 16.8 Å². The van der Waals surface area contributed by atoms with Gasteiger partial charge in [-0.3, -0.25) is 9.59 Å². The first-order valence-corrected chi connectivity index (χ1v) is 6.11. The summed E-state index contributed by atoms with van der Waals surface area (Å²) in [5.41, 5.74) is 0.855. The van der Waals surface area contributed by atoms with Crippen LogP contribution in [0.4, 0.5) is 5.69 Å². The van der Waals surface area contributed by atoms with E-state index in [4.69, 9.17) is 11.6 Å². The van der Waals surface area contributed by atoms with Crippen LogP contribution in [-0.4, -0.2) is 15.5 Å². The number of halogens is 1. The molecule has 1 N–H and O–H groups in total. The van der Waals surface area contributed by atoms with Crippen molar-refractivity contribution >= 4 is 23.2 Å². The highest BCUT2D eigenvalue weighted by Gasteiger charge is 2.07. The Morgan fingerprint density at radius 1 is 1.37 bits per heavy atom. The molecule has 0 radical (unpaired) electrons. The van der Waals surface area contributed by atoms with Crippen molar-refractivity contribution in [3.8, 4) is 0 Å². The molecule has 0 aliphatic carbocycles. The maximum Gasteiger partial charge on any atom is 0.257 e. The van der Waals surface area contributed by atoms with Crippen LogP contribution < -0.4 is 10.9 Å². The zero-order valence-corrected chi connectivity index (χ0v) is 11.0. The fourth-order valence-electron chi connectivity index (χ4n) is 1.57. The molecule has 2 aromatic rings. The summed E-state index contributed by atoms with van der Waals surface area (Å²) >= 11 is 5.65. The Labute approximate surface area is 114 Å². The molecule has 2 heterocycles. The van der Waals surface area contributed by atoms with Crippen molar-refractivity contribution in [1.29, 1.82) is 0 Å². The number of amides is 1. The minimum atomic E-state index is -0.300. The van der Waals surface area contributed by atoms with Crippen molar-refractivity contribution in [3.63, 3.8) is 0 Å². The number of hydrogen-bond acceptors (Lipinski definition) is 3. The summed E-state index contributed by atoms with van der Waals surface area (Å²) in [5, 5.41) is 3.03. The van der Waals surface area contributed by atoms with Crippen molar-refractivity contribution in [3.05, 3.63) is 57.7 Å². The summed E-state index contributed by atoms with van der Waals surface area (Å²) in [6.07, 6.45) is 3.00. The Morgan fingerprint density at radius 2 is 2.16 bits per heavy atom. The second-order valence-electron chi connectivity index (χ2n) is 3.87. The summed E-state index contributed by atoms with van der Waals surface area (Å²) in [6, 6.07) is 6.11.